The Bertz CT molecular complexity index is 1420. The van der Waals surface area contributed by atoms with E-state index in [-0.39, 0.29) is 18.8 Å². The minimum atomic E-state index is -1.06. The van der Waals surface area contributed by atoms with Crippen LogP contribution in [-0.4, -0.2) is 85.0 Å². The normalized spacial score (nSPS) is 11.9. The second kappa shape index (κ2) is 14.7. The summed E-state index contributed by atoms with van der Waals surface area (Å²) in [5, 5.41) is 53.7. The van der Waals surface area contributed by atoms with Crippen molar-refractivity contribution in [3.63, 3.8) is 0 Å². The van der Waals surface area contributed by atoms with E-state index in [0.29, 0.717) is 41.1 Å². The topological polar surface area (TPSA) is 280 Å². The lowest BCUT2D eigenvalue weighted by molar-refractivity contribution is -0.139. The van der Waals surface area contributed by atoms with Gasteiger partial charge in [0.25, 0.3) is 11.9 Å². The van der Waals surface area contributed by atoms with E-state index in [1.54, 1.807) is 44.6 Å². The van der Waals surface area contributed by atoms with E-state index in [0.717, 1.165) is 5.56 Å². The SMILES string of the molecule is Cc1nnc(NCc2ccc(C[C@H](N)C(=O)O)nc2)nn1.Cc1nnc(Nc2cncc(C[C@H](N)C(=O)O)c2)nn1. The predicted molar refractivity (Wildman–Crippen MR) is 142 cm³/mol. The number of aliphatic carboxylic acids is 2. The number of carbonyl (C=O) groups is 2. The molecular formula is C23H28N14O4. The quantitative estimate of drug-likeness (QED) is 0.130. The van der Waals surface area contributed by atoms with E-state index >= 15 is 0 Å². The molecule has 4 aromatic heterocycles. The summed E-state index contributed by atoms with van der Waals surface area (Å²) in [6.07, 6.45) is 5.13. The van der Waals surface area contributed by atoms with Crippen molar-refractivity contribution in [2.75, 3.05) is 10.6 Å². The fraction of sp³-hybridized carbons (Fsp3) is 0.304. The van der Waals surface area contributed by atoms with Gasteiger partial charge in [0.2, 0.25) is 0 Å². The third-order valence-electron chi connectivity index (χ3n) is 5.06. The summed E-state index contributed by atoms with van der Waals surface area (Å²) in [4.78, 5) is 29.6. The molecule has 0 aliphatic carbocycles. The van der Waals surface area contributed by atoms with Gasteiger partial charge in [-0.1, -0.05) is 6.07 Å². The fourth-order valence-corrected chi connectivity index (χ4v) is 2.99. The molecule has 4 heterocycles. The molecule has 0 unspecified atom stereocenters. The van der Waals surface area contributed by atoms with E-state index in [1.165, 1.54) is 0 Å². The monoisotopic (exact) mass is 564 g/mol. The average Bonchev–Trinajstić information content (AvgIpc) is 2.95. The van der Waals surface area contributed by atoms with Gasteiger partial charge in [-0.05, 0) is 43.5 Å². The fourth-order valence-electron chi connectivity index (χ4n) is 2.99. The smallest absolute Gasteiger partial charge is 0.320 e. The zero-order valence-electron chi connectivity index (χ0n) is 22.1. The van der Waals surface area contributed by atoms with Crippen molar-refractivity contribution in [1.29, 1.82) is 0 Å². The Balaban J connectivity index is 0.000000226. The molecule has 41 heavy (non-hydrogen) atoms. The van der Waals surface area contributed by atoms with Gasteiger partial charge in [0.15, 0.2) is 11.6 Å². The molecule has 0 saturated carbocycles. The van der Waals surface area contributed by atoms with E-state index in [1.807, 2.05) is 6.07 Å². The zero-order valence-corrected chi connectivity index (χ0v) is 22.1. The maximum absolute atomic E-state index is 10.7. The first-order valence-corrected chi connectivity index (χ1v) is 12.0. The van der Waals surface area contributed by atoms with Gasteiger partial charge in [0.1, 0.15) is 12.1 Å². The first kappa shape index (κ1) is 30.2. The molecule has 0 amide bonds. The molecule has 0 fully saturated rings. The molecule has 0 saturated heterocycles. The molecule has 214 valence electrons. The highest BCUT2D eigenvalue weighted by Crippen LogP contribution is 2.13. The Morgan fingerprint density at radius 2 is 1.37 bits per heavy atom. The van der Waals surface area contributed by atoms with Crippen LogP contribution in [0.2, 0.25) is 0 Å². The number of nitrogens with zero attached hydrogens (tertiary/aromatic N) is 10. The van der Waals surface area contributed by atoms with Gasteiger partial charge in [-0.25, -0.2) is 0 Å². The molecule has 4 rings (SSSR count). The molecule has 2 atom stereocenters. The van der Waals surface area contributed by atoms with Crippen LogP contribution < -0.4 is 22.1 Å². The summed E-state index contributed by atoms with van der Waals surface area (Å²) >= 11 is 0. The van der Waals surface area contributed by atoms with E-state index in [9.17, 15) is 9.59 Å². The maximum atomic E-state index is 10.7. The minimum Gasteiger partial charge on any atom is -0.480 e. The van der Waals surface area contributed by atoms with Gasteiger partial charge in [-0.3, -0.25) is 19.6 Å². The Morgan fingerprint density at radius 3 is 1.93 bits per heavy atom. The molecular weight excluding hydrogens is 536 g/mol. The number of carboxylic acids is 2. The highest BCUT2D eigenvalue weighted by molar-refractivity contribution is 5.74. The van der Waals surface area contributed by atoms with Gasteiger partial charge in [-0.15, -0.1) is 40.8 Å². The van der Waals surface area contributed by atoms with Crippen molar-refractivity contribution in [3.05, 3.63) is 65.3 Å². The van der Waals surface area contributed by atoms with Crippen LogP contribution >= 0.6 is 0 Å². The van der Waals surface area contributed by atoms with Crippen LogP contribution in [-0.2, 0) is 29.0 Å². The second-order valence-corrected chi connectivity index (χ2v) is 8.56. The predicted octanol–water partition coefficient (Wildman–Crippen LogP) is -0.795. The lowest BCUT2D eigenvalue weighted by Crippen LogP contribution is -2.32. The number of pyridine rings is 2. The molecule has 18 nitrogen and oxygen atoms in total. The van der Waals surface area contributed by atoms with Crippen LogP contribution in [0.1, 0.15) is 28.5 Å². The molecule has 0 spiro atoms. The van der Waals surface area contributed by atoms with Gasteiger partial charge in [0, 0.05) is 31.1 Å². The Kier molecular flexibility index (Phi) is 10.8. The Morgan fingerprint density at radius 1 is 0.780 bits per heavy atom. The van der Waals surface area contributed by atoms with Crippen LogP contribution in [0, 0.1) is 13.8 Å². The van der Waals surface area contributed by atoms with Crippen LogP contribution in [0.15, 0.2) is 36.8 Å². The van der Waals surface area contributed by atoms with Crippen molar-refractivity contribution in [2.24, 2.45) is 11.5 Å². The molecule has 0 aliphatic rings. The van der Waals surface area contributed by atoms with E-state index in [4.69, 9.17) is 21.7 Å². The number of rotatable bonds is 11. The molecule has 0 aromatic carbocycles. The van der Waals surface area contributed by atoms with Crippen molar-refractivity contribution in [2.45, 2.75) is 45.3 Å². The third-order valence-corrected chi connectivity index (χ3v) is 5.06. The number of nitrogens with one attached hydrogen (secondary N) is 2. The molecule has 18 heteroatoms. The van der Waals surface area contributed by atoms with Crippen LogP contribution in [0.4, 0.5) is 17.6 Å². The molecule has 8 N–H and O–H groups in total. The number of anilines is 3. The minimum absolute atomic E-state index is 0.184. The van der Waals surface area contributed by atoms with Gasteiger partial charge >= 0.3 is 11.9 Å². The number of hydrogen-bond acceptors (Lipinski definition) is 16. The van der Waals surface area contributed by atoms with Crippen molar-refractivity contribution in [3.8, 4) is 0 Å². The third kappa shape index (κ3) is 10.4. The van der Waals surface area contributed by atoms with Crippen molar-refractivity contribution < 1.29 is 19.8 Å². The van der Waals surface area contributed by atoms with Crippen LogP contribution in [0.5, 0.6) is 0 Å². The average molecular weight is 565 g/mol. The molecule has 0 bridgehead atoms. The summed E-state index contributed by atoms with van der Waals surface area (Å²) in [5.41, 5.74) is 13.7. The molecule has 0 radical (unpaired) electrons. The molecule has 0 aliphatic heterocycles. The van der Waals surface area contributed by atoms with Crippen LogP contribution in [0.3, 0.4) is 0 Å². The number of aryl methyl sites for hydroxylation is 2. The van der Waals surface area contributed by atoms with Crippen molar-refractivity contribution >= 4 is 29.5 Å². The summed E-state index contributed by atoms with van der Waals surface area (Å²) in [7, 11) is 0. The van der Waals surface area contributed by atoms with Crippen LogP contribution in [0.25, 0.3) is 0 Å². The largest absolute Gasteiger partial charge is 0.480 e. The first-order valence-electron chi connectivity index (χ1n) is 12.0. The van der Waals surface area contributed by atoms with E-state index < -0.39 is 24.0 Å². The number of hydrogen-bond donors (Lipinski definition) is 6. The first-order chi connectivity index (χ1) is 19.6. The Labute approximate surface area is 233 Å². The standard InChI is InChI=1S/C12H15N7O2.C11H13N7O2/c1-7-16-18-12(19-17-7)15-6-8-2-3-9(14-5-8)4-10(13)11(20)21;1-6-15-17-11(18-16-6)14-8-2-7(4-13-5-8)3-9(12)10(19)20/h2-3,5,10H,4,6,13H2,1H3,(H,20,21)(H,15,18,19);2,4-5,9H,3,12H2,1H3,(H,19,20)(H,14,17,18)/t10-;9-/m00/s1. The lowest BCUT2D eigenvalue weighted by Gasteiger charge is -2.08. The number of carboxylic acid groups (broad SMARTS) is 2. The van der Waals surface area contributed by atoms with Crippen molar-refractivity contribution in [1.82, 2.24) is 50.8 Å². The summed E-state index contributed by atoms with van der Waals surface area (Å²) in [6, 6.07) is 3.38. The second-order valence-electron chi connectivity index (χ2n) is 8.56. The lowest BCUT2D eigenvalue weighted by atomic mass is 10.1. The molecule has 4 aromatic rings. The highest BCUT2D eigenvalue weighted by atomic mass is 16.4. The number of aromatic nitrogens is 10. The summed E-state index contributed by atoms with van der Waals surface area (Å²) < 4.78 is 0. The Hall–Kier alpha value is -5.36. The summed E-state index contributed by atoms with van der Waals surface area (Å²) in [6.45, 7) is 3.85. The van der Waals surface area contributed by atoms with Gasteiger partial charge in [-0.2, -0.15) is 0 Å². The van der Waals surface area contributed by atoms with E-state index in [2.05, 4.69) is 61.4 Å². The van der Waals surface area contributed by atoms with Gasteiger partial charge in [0.05, 0.1) is 11.9 Å². The van der Waals surface area contributed by atoms with Gasteiger partial charge < -0.3 is 32.3 Å². The summed E-state index contributed by atoms with van der Waals surface area (Å²) in [5.74, 6) is -0.566. The number of nitrogens with two attached hydrogens (primary N) is 2. The maximum Gasteiger partial charge on any atom is 0.320 e. The zero-order chi connectivity index (χ0) is 29.8. The highest BCUT2D eigenvalue weighted by Gasteiger charge is 2.13.